The number of carbonyl (C=O) groups excluding carboxylic acids is 3. The first-order chi connectivity index (χ1) is 16.9. The molecule has 35 heavy (non-hydrogen) atoms. The van der Waals surface area contributed by atoms with Crippen LogP contribution in [0.1, 0.15) is 5.82 Å². The fourth-order valence-electron chi connectivity index (χ4n) is 4.24. The first-order valence-corrected chi connectivity index (χ1v) is 11.3. The zero-order valence-corrected chi connectivity index (χ0v) is 20.0. The Balaban J connectivity index is 1.38. The second-order valence-corrected chi connectivity index (χ2v) is 8.23. The normalized spacial score (nSPS) is 21.5. The molecule has 2 atom stereocenters. The number of aromatic nitrogens is 3. The molecular weight excluding hydrogens is 458 g/mol. The smallest absolute Gasteiger partial charge is 0.294 e. The number of carbonyl (C=O) groups is 3. The van der Waals surface area contributed by atoms with E-state index in [2.05, 4.69) is 20.4 Å². The van der Waals surface area contributed by atoms with Crippen LogP contribution in [0.15, 0.2) is 35.1 Å². The van der Waals surface area contributed by atoms with Crippen molar-refractivity contribution in [2.75, 3.05) is 60.2 Å². The standard InChI is InChI=1S/C22H29N7O6/c1-14-25-13-29(26-14)21-19-18(16(34-3)11-24-21)15(10-23-19)20(31)22(32)28-6-4-27(5-7-28)17(30)12-35-9-8-33-2/h10-11,13,18-19,23H,4-9,12H2,1-3H3. The Hall–Kier alpha value is -3.58. The van der Waals surface area contributed by atoms with Gasteiger partial charge in [0.25, 0.3) is 5.91 Å². The molecule has 0 aliphatic carbocycles. The molecular formula is C22H29N7O6. The zero-order valence-electron chi connectivity index (χ0n) is 20.0. The summed E-state index contributed by atoms with van der Waals surface area (Å²) in [6, 6.07) is -0.435. The number of hydrogen-bond donors (Lipinski definition) is 1. The average Bonchev–Trinajstić information content (AvgIpc) is 3.52. The van der Waals surface area contributed by atoms with Gasteiger partial charge in [0.15, 0.2) is 5.84 Å². The van der Waals surface area contributed by atoms with Crippen LogP contribution >= 0.6 is 0 Å². The molecule has 0 saturated carbocycles. The van der Waals surface area contributed by atoms with Crippen molar-refractivity contribution in [2.24, 2.45) is 10.9 Å². The summed E-state index contributed by atoms with van der Waals surface area (Å²) in [5.74, 6) is -0.315. The maximum absolute atomic E-state index is 13.3. The number of fused-ring (bicyclic) bond motifs is 1. The second-order valence-electron chi connectivity index (χ2n) is 8.23. The van der Waals surface area contributed by atoms with Gasteiger partial charge in [-0.1, -0.05) is 0 Å². The Morgan fingerprint density at radius 2 is 1.86 bits per heavy atom. The predicted octanol–water partition coefficient (Wildman–Crippen LogP) is -1.29. The van der Waals surface area contributed by atoms with Crippen molar-refractivity contribution in [3.05, 3.63) is 35.9 Å². The van der Waals surface area contributed by atoms with Gasteiger partial charge in [0.05, 0.1) is 32.4 Å². The zero-order chi connectivity index (χ0) is 24.9. The molecule has 0 spiro atoms. The number of ether oxygens (including phenoxy) is 3. The quantitative estimate of drug-likeness (QED) is 0.350. The highest BCUT2D eigenvalue weighted by molar-refractivity contribution is 6.43. The summed E-state index contributed by atoms with van der Waals surface area (Å²) in [5.41, 5.74) is 0.294. The van der Waals surface area contributed by atoms with Gasteiger partial charge in [-0.15, -0.1) is 0 Å². The molecule has 2 amide bonds. The third kappa shape index (κ3) is 5.10. The van der Waals surface area contributed by atoms with Crippen LogP contribution in [0.5, 0.6) is 0 Å². The van der Waals surface area contributed by atoms with E-state index >= 15 is 0 Å². The third-order valence-corrected chi connectivity index (χ3v) is 6.11. The van der Waals surface area contributed by atoms with Crippen LogP contribution in [0.25, 0.3) is 0 Å². The first kappa shape index (κ1) is 24.5. The Bertz CT molecular complexity index is 1070. The van der Waals surface area contributed by atoms with Crippen LogP contribution in [-0.2, 0) is 28.6 Å². The highest BCUT2D eigenvalue weighted by Gasteiger charge is 2.45. The number of methoxy groups -OCH3 is 2. The molecule has 13 nitrogen and oxygen atoms in total. The van der Waals surface area contributed by atoms with Gasteiger partial charge in [0, 0.05) is 45.1 Å². The third-order valence-electron chi connectivity index (χ3n) is 6.11. The number of hydrogen-bond acceptors (Lipinski definition) is 10. The molecule has 0 bridgehead atoms. The minimum Gasteiger partial charge on any atom is -0.499 e. The van der Waals surface area contributed by atoms with Crippen LogP contribution in [-0.4, -0.2) is 114 Å². The SMILES string of the molecule is COCCOCC(=O)N1CCN(C(=O)C(=O)C2=CNC3C(n4cnc(C)n4)=NC=C(OC)C23)CC1. The second kappa shape index (κ2) is 10.8. The molecule has 1 saturated heterocycles. The molecule has 4 heterocycles. The number of piperazine rings is 1. The van der Waals surface area contributed by atoms with Gasteiger partial charge in [-0.05, 0) is 6.92 Å². The van der Waals surface area contributed by atoms with E-state index in [0.29, 0.717) is 49.3 Å². The van der Waals surface area contributed by atoms with Crippen LogP contribution in [0.3, 0.4) is 0 Å². The number of amides is 2. The van der Waals surface area contributed by atoms with Crippen LogP contribution in [0, 0.1) is 12.8 Å². The molecule has 1 aromatic rings. The topological polar surface area (TPSA) is 140 Å². The molecule has 1 aromatic heterocycles. The summed E-state index contributed by atoms with van der Waals surface area (Å²) in [5, 5.41) is 7.46. The minimum atomic E-state index is -0.619. The van der Waals surface area contributed by atoms with Crippen molar-refractivity contribution in [1.29, 1.82) is 0 Å². The van der Waals surface area contributed by atoms with Crippen molar-refractivity contribution in [3.8, 4) is 0 Å². The molecule has 0 aromatic carbocycles. The van der Waals surface area contributed by atoms with E-state index in [4.69, 9.17) is 14.2 Å². The Morgan fingerprint density at radius 3 is 2.51 bits per heavy atom. The number of aliphatic imine (C=N–C) groups is 1. The maximum atomic E-state index is 13.3. The van der Waals surface area contributed by atoms with Gasteiger partial charge in [0.1, 0.15) is 30.6 Å². The average molecular weight is 488 g/mol. The summed E-state index contributed by atoms with van der Waals surface area (Å²) in [7, 11) is 3.06. The number of nitrogens with one attached hydrogen (secondary N) is 1. The molecule has 4 rings (SSSR count). The molecule has 3 aliphatic rings. The van der Waals surface area contributed by atoms with E-state index in [1.165, 1.54) is 18.2 Å². The lowest BCUT2D eigenvalue weighted by molar-refractivity contribution is -0.147. The summed E-state index contributed by atoms with van der Waals surface area (Å²) in [6.45, 7) is 3.67. The highest BCUT2D eigenvalue weighted by Crippen LogP contribution is 2.33. The first-order valence-electron chi connectivity index (χ1n) is 11.3. The predicted molar refractivity (Wildman–Crippen MR) is 122 cm³/mol. The highest BCUT2D eigenvalue weighted by atomic mass is 16.5. The van der Waals surface area contributed by atoms with E-state index in [-0.39, 0.29) is 25.6 Å². The number of Topliss-reactive ketones (excluding diaryl/α,β-unsaturated/α-hetero) is 1. The molecule has 2 unspecified atom stereocenters. The summed E-state index contributed by atoms with van der Waals surface area (Å²) < 4.78 is 17.2. The summed E-state index contributed by atoms with van der Waals surface area (Å²) >= 11 is 0. The van der Waals surface area contributed by atoms with Crippen molar-refractivity contribution >= 4 is 23.4 Å². The summed E-state index contributed by atoms with van der Waals surface area (Å²) in [4.78, 5) is 50.3. The molecule has 0 radical (unpaired) electrons. The van der Waals surface area contributed by atoms with Gasteiger partial charge in [-0.3, -0.25) is 14.4 Å². The van der Waals surface area contributed by atoms with Crippen molar-refractivity contribution in [2.45, 2.75) is 13.0 Å². The number of ketones is 1. The molecule has 3 aliphatic heterocycles. The molecule has 188 valence electrons. The van der Waals surface area contributed by atoms with E-state index in [1.54, 1.807) is 36.1 Å². The van der Waals surface area contributed by atoms with Gasteiger partial charge in [0.2, 0.25) is 11.7 Å². The van der Waals surface area contributed by atoms with E-state index < -0.39 is 23.7 Å². The lowest BCUT2D eigenvalue weighted by atomic mass is 9.88. The maximum Gasteiger partial charge on any atom is 0.294 e. The number of aryl methyl sites for hydroxylation is 1. The Labute approximate surface area is 202 Å². The summed E-state index contributed by atoms with van der Waals surface area (Å²) in [6.07, 6.45) is 4.63. The molecule has 1 fully saturated rings. The van der Waals surface area contributed by atoms with Crippen LogP contribution in [0.2, 0.25) is 0 Å². The van der Waals surface area contributed by atoms with Crippen LogP contribution in [0.4, 0.5) is 0 Å². The molecule has 1 N–H and O–H groups in total. The fourth-order valence-corrected chi connectivity index (χ4v) is 4.24. The van der Waals surface area contributed by atoms with Crippen LogP contribution < -0.4 is 5.32 Å². The van der Waals surface area contributed by atoms with Gasteiger partial charge >= 0.3 is 0 Å². The van der Waals surface area contributed by atoms with E-state index in [1.807, 2.05) is 0 Å². The van der Waals surface area contributed by atoms with Crippen molar-refractivity contribution < 1.29 is 28.6 Å². The minimum absolute atomic E-state index is 0.0425. The van der Waals surface area contributed by atoms with Gasteiger partial charge < -0.3 is 29.3 Å². The van der Waals surface area contributed by atoms with E-state index in [9.17, 15) is 14.4 Å². The van der Waals surface area contributed by atoms with Crippen molar-refractivity contribution in [1.82, 2.24) is 29.9 Å². The monoisotopic (exact) mass is 487 g/mol. The van der Waals surface area contributed by atoms with Gasteiger partial charge in [-0.2, -0.15) is 5.10 Å². The Kier molecular flexibility index (Phi) is 7.56. The largest absolute Gasteiger partial charge is 0.499 e. The number of rotatable bonds is 8. The lowest BCUT2D eigenvalue weighted by Crippen LogP contribution is -2.53. The Morgan fingerprint density at radius 1 is 1.11 bits per heavy atom. The lowest BCUT2D eigenvalue weighted by Gasteiger charge is -2.34. The van der Waals surface area contributed by atoms with E-state index in [0.717, 1.165) is 0 Å². The van der Waals surface area contributed by atoms with Gasteiger partial charge in [-0.25, -0.2) is 14.7 Å². The number of nitrogens with zero attached hydrogens (tertiary/aromatic N) is 6. The van der Waals surface area contributed by atoms with Crippen molar-refractivity contribution in [3.63, 3.8) is 0 Å². The molecule has 13 heteroatoms. The fraction of sp³-hybridized carbons (Fsp3) is 0.545.